The third-order valence-corrected chi connectivity index (χ3v) is 3.98. The second kappa shape index (κ2) is 8.53. The average Bonchev–Trinajstić information content (AvgIpc) is 2.52. The van der Waals surface area contributed by atoms with Gasteiger partial charge in [0.05, 0.1) is 29.4 Å². The zero-order valence-corrected chi connectivity index (χ0v) is 15.2. The summed E-state index contributed by atoms with van der Waals surface area (Å²) < 4.78 is 11.0. The molecule has 0 heterocycles. The van der Waals surface area contributed by atoms with E-state index >= 15 is 0 Å². The van der Waals surface area contributed by atoms with Crippen LogP contribution in [0.1, 0.15) is 18.9 Å². The summed E-state index contributed by atoms with van der Waals surface area (Å²) in [4.78, 5) is 0. The smallest absolute Gasteiger partial charge is 0.179 e. The Bertz CT molecular complexity index is 677. The van der Waals surface area contributed by atoms with Gasteiger partial charge < -0.3 is 14.8 Å². The number of ether oxygens (including phenoxy) is 2. The van der Waals surface area contributed by atoms with E-state index in [1.165, 1.54) is 0 Å². The average molecular weight is 375 g/mol. The molecule has 0 unspecified atom stereocenters. The number of hydrogen-bond donors (Lipinski definition) is 1. The maximum atomic E-state index is 6.31. The van der Waals surface area contributed by atoms with Crippen molar-refractivity contribution in [2.75, 3.05) is 19.0 Å². The molecule has 0 fully saturated rings. The molecule has 2 aromatic carbocycles. The molecule has 23 heavy (non-hydrogen) atoms. The maximum absolute atomic E-state index is 6.31. The van der Waals surface area contributed by atoms with E-state index in [2.05, 4.69) is 5.32 Å². The Morgan fingerprint density at radius 3 is 2.48 bits per heavy atom. The predicted molar refractivity (Wildman–Crippen MR) is 97.6 cm³/mol. The van der Waals surface area contributed by atoms with Crippen LogP contribution in [0.4, 0.5) is 5.69 Å². The Hall–Kier alpha value is -1.29. The summed E-state index contributed by atoms with van der Waals surface area (Å²) in [7, 11) is 1.59. The van der Waals surface area contributed by atoms with E-state index in [9.17, 15) is 0 Å². The highest BCUT2D eigenvalue weighted by Gasteiger charge is 2.12. The van der Waals surface area contributed by atoms with Gasteiger partial charge in [-0.15, -0.1) is 0 Å². The second-order valence-electron chi connectivity index (χ2n) is 4.94. The summed E-state index contributed by atoms with van der Waals surface area (Å²) in [6.07, 6.45) is 0.901. The number of methoxy groups -OCH3 is 1. The van der Waals surface area contributed by atoms with E-state index in [1.54, 1.807) is 19.2 Å². The first-order chi connectivity index (χ1) is 11.0. The molecule has 2 aromatic rings. The van der Waals surface area contributed by atoms with Crippen molar-refractivity contribution in [2.24, 2.45) is 0 Å². The molecular weight excluding hydrogens is 357 g/mol. The summed E-state index contributed by atoms with van der Waals surface area (Å²) in [6.45, 7) is 3.17. The van der Waals surface area contributed by atoms with E-state index < -0.39 is 0 Å². The molecule has 0 spiro atoms. The van der Waals surface area contributed by atoms with E-state index in [4.69, 9.17) is 44.3 Å². The lowest BCUT2D eigenvalue weighted by molar-refractivity contribution is 0.294. The highest BCUT2D eigenvalue weighted by Crippen LogP contribution is 2.37. The SMILES string of the molecule is CCCOc1c(Cl)cc(CNc2ccc(Cl)cc2Cl)cc1OC. The van der Waals surface area contributed by atoms with Gasteiger partial charge in [0.25, 0.3) is 0 Å². The van der Waals surface area contributed by atoms with Crippen LogP contribution < -0.4 is 14.8 Å². The van der Waals surface area contributed by atoms with Crippen LogP contribution in [0.25, 0.3) is 0 Å². The molecule has 0 aliphatic carbocycles. The van der Waals surface area contributed by atoms with Gasteiger partial charge in [0.2, 0.25) is 0 Å². The maximum Gasteiger partial charge on any atom is 0.179 e. The van der Waals surface area contributed by atoms with Crippen LogP contribution in [0.2, 0.25) is 15.1 Å². The van der Waals surface area contributed by atoms with Gasteiger partial charge in [-0.3, -0.25) is 0 Å². The van der Waals surface area contributed by atoms with Gasteiger partial charge in [0.1, 0.15) is 0 Å². The lowest BCUT2D eigenvalue weighted by atomic mass is 10.2. The Morgan fingerprint density at radius 1 is 1.04 bits per heavy atom. The van der Waals surface area contributed by atoms with Gasteiger partial charge in [-0.1, -0.05) is 41.7 Å². The van der Waals surface area contributed by atoms with Gasteiger partial charge in [-0.2, -0.15) is 0 Å². The zero-order valence-electron chi connectivity index (χ0n) is 13.0. The molecule has 0 aromatic heterocycles. The fourth-order valence-electron chi connectivity index (χ4n) is 2.05. The van der Waals surface area contributed by atoms with Crippen molar-refractivity contribution in [2.45, 2.75) is 19.9 Å². The van der Waals surface area contributed by atoms with E-state index in [-0.39, 0.29) is 0 Å². The third-order valence-electron chi connectivity index (χ3n) is 3.15. The van der Waals surface area contributed by atoms with Crippen LogP contribution in [-0.2, 0) is 6.54 Å². The van der Waals surface area contributed by atoms with Crippen molar-refractivity contribution in [1.82, 2.24) is 0 Å². The normalized spacial score (nSPS) is 10.5. The van der Waals surface area contributed by atoms with Crippen LogP contribution in [-0.4, -0.2) is 13.7 Å². The van der Waals surface area contributed by atoms with Crippen LogP contribution in [0.15, 0.2) is 30.3 Å². The molecular formula is C17H18Cl3NO2. The molecule has 0 amide bonds. The molecule has 0 aliphatic heterocycles. The monoisotopic (exact) mass is 373 g/mol. The number of hydrogen-bond acceptors (Lipinski definition) is 3. The van der Waals surface area contributed by atoms with Gasteiger partial charge in [-0.25, -0.2) is 0 Å². The fourth-order valence-corrected chi connectivity index (χ4v) is 2.81. The summed E-state index contributed by atoms with van der Waals surface area (Å²) in [5, 5.41) is 4.94. The molecule has 3 nitrogen and oxygen atoms in total. The Labute approximate surface area is 151 Å². The van der Waals surface area contributed by atoms with E-state index in [0.717, 1.165) is 17.7 Å². The Morgan fingerprint density at radius 2 is 1.83 bits per heavy atom. The predicted octanol–water partition coefficient (Wildman–Crippen LogP) is 6.06. The lowest BCUT2D eigenvalue weighted by Gasteiger charge is -2.15. The molecule has 124 valence electrons. The van der Waals surface area contributed by atoms with Crippen molar-refractivity contribution < 1.29 is 9.47 Å². The molecule has 0 atom stereocenters. The molecule has 1 N–H and O–H groups in total. The first-order valence-electron chi connectivity index (χ1n) is 7.23. The molecule has 6 heteroatoms. The van der Waals surface area contributed by atoms with Crippen LogP contribution in [0.3, 0.4) is 0 Å². The van der Waals surface area contributed by atoms with E-state index in [1.807, 2.05) is 25.1 Å². The molecule has 0 bridgehead atoms. The lowest BCUT2D eigenvalue weighted by Crippen LogP contribution is -2.03. The second-order valence-corrected chi connectivity index (χ2v) is 6.19. The molecule has 0 radical (unpaired) electrons. The number of nitrogens with one attached hydrogen (secondary N) is 1. The summed E-state index contributed by atoms with van der Waals surface area (Å²) >= 11 is 18.4. The first kappa shape index (κ1) is 18.1. The van der Waals surface area contributed by atoms with Crippen molar-refractivity contribution >= 4 is 40.5 Å². The molecule has 0 saturated carbocycles. The summed E-state index contributed by atoms with van der Waals surface area (Å²) in [6, 6.07) is 9.06. The Balaban J connectivity index is 2.15. The zero-order chi connectivity index (χ0) is 16.8. The van der Waals surface area contributed by atoms with Crippen molar-refractivity contribution in [1.29, 1.82) is 0 Å². The van der Waals surface area contributed by atoms with Gasteiger partial charge in [0, 0.05) is 11.6 Å². The quantitative estimate of drug-likeness (QED) is 0.639. The van der Waals surface area contributed by atoms with Gasteiger partial charge in [0.15, 0.2) is 11.5 Å². The summed E-state index contributed by atoms with van der Waals surface area (Å²) in [5.41, 5.74) is 1.76. The van der Waals surface area contributed by atoms with Gasteiger partial charge in [-0.05, 0) is 42.3 Å². The minimum absolute atomic E-state index is 0.525. The number of rotatable bonds is 7. The first-order valence-corrected chi connectivity index (χ1v) is 8.36. The fraction of sp³-hybridized carbons (Fsp3) is 0.294. The highest BCUT2D eigenvalue weighted by atomic mass is 35.5. The minimum atomic E-state index is 0.525. The van der Waals surface area contributed by atoms with Crippen LogP contribution in [0, 0.1) is 0 Å². The standard InChI is InChI=1S/C17H18Cl3NO2/c1-3-6-23-17-14(20)7-11(8-16(17)22-2)10-21-15-5-4-12(18)9-13(15)19/h4-5,7-9,21H,3,6,10H2,1-2H3. The van der Waals surface area contributed by atoms with Crippen LogP contribution >= 0.6 is 34.8 Å². The summed E-state index contributed by atoms with van der Waals surface area (Å²) in [5.74, 6) is 1.19. The minimum Gasteiger partial charge on any atom is -0.493 e. The number of halogens is 3. The van der Waals surface area contributed by atoms with Crippen molar-refractivity contribution in [3.8, 4) is 11.5 Å². The molecule has 2 rings (SSSR count). The topological polar surface area (TPSA) is 30.5 Å². The van der Waals surface area contributed by atoms with Crippen LogP contribution in [0.5, 0.6) is 11.5 Å². The van der Waals surface area contributed by atoms with Gasteiger partial charge >= 0.3 is 0 Å². The van der Waals surface area contributed by atoms with Crippen molar-refractivity contribution in [3.05, 3.63) is 51.0 Å². The van der Waals surface area contributed by atoms with E-state index in [0.29, 0.717) is 39.7 Å². The Kier molecular flexibility index (Phi) is 6.70. The highest BCUT2D eigenvalue weighted by molar-refractivity contribution is 6.36. The third kappa shape index (κ3) is 4.84. The molecule has 0 aliphatic rings. The number of benzene rings is 2. The largest absolute Gasteiger partial charge is 0.493 e. The number of anilines is 1. The molecule has 0 saturated heterocycles. The van der Waals surface area contributed by atoms with Crippen molar-refractivity contribution in [3.63, 3.8) is 0 Å².